The maximum absolute atomic E-state index is 11.5. The van der Waals surface area contributed by atoms with Crippen molar-refractivity contribution in [1.82, 2.24) is 10.3 Å². The van der Waals surface area contributed by atoms with Crippen LogP contribution in [0.15, 0.2) is 73.1 Å². The van der Waals surface area contributed by atoms with E-state index in [4.69, 9.17) is 43.1 Å². The molecular formula is C38H47Cl2N3O6. The SMILES string of the molecule is CC1(C)C(c2cccc(OCCCCl)c2)=CC=C[C@@H]1COc1cc(OCc2cncc(C(=O)O)c2)c(CNC(CO)CCCCN)cc1Cl. The molecule has 1 aliphatic carbocycles. The molecule has 0 aliphatic heterocycles. The first kappa shape index (κ1) is 38.2. The first-order chi connectivity index (χ1) is 23.7. The second kappa shape index (κ2) is 19.0. The number of pyridine rings is 1. The van der Waals surface area contributed by atoms with Gasteiger partial charge in [0.05, 0.1) is 30.4 Å². The molecule has 3 aromatic rings. The first-order valence-corrected chi connectivity index (χ1v) is 17.5. The van der Waals surface area contributed by atoms with Gasteiger partial charge in [0, 0.05) is 54.0 Å². The maximum atomic E-state index is 11.5. The number of rotatable bonds is 20. The Labute approximate surface area is 299 Å². The van der Waals surface area contributed by atoms with Crippen LogP contribution in [-0.2, 0) is 13.2 Å². The maximum Gasteiger partial charge on any atom is 0.337 e. The summed E-state index contributed by atoms with van der Waals surface area (Å²) in [5, 5.41) is 23.2. The van der Waals surface area contributed by atoms with Crippen molar-refractivity contribution < 1.29 is 29.2 Å². The number of benzene rings is 2. The van der Waals surface area contributed by atoms with Gasteiger partial charge in [-0.05, 0) is 66.6 Å². The van der Waals surface area contributed by atoms with E-state index in [0.29, 0.717) is 54.3 Å². The highest BCUT2D eigenvalue weighted by Gasteiger charge is 2.35. The van der Waals surface area contributed by atoms with Gasteiger partial charge in [-0.2, -0.15) is 0 Å². The Kier molecular flexibility index (Phi) is 14.8. The zero-order chi connectivity index (χ0) is 35.2. The number of allylic oxidation sites excluding steroid dienone is 3. The summed E-state index contributed by atoms with van der Waals surface area (Å²) in [5.74, 6) is 1.32. The van der Waals surface area contributed by atoms with Crippen LogP contribution in [0.3, 0.4) is 0 Å². The van der Waals surface area contributed by atoms with Crippen LogP contribution >= 0.6 is 23.2 Å². The van der Waals surface area contributed by atoms with Gasteiger partial charge in [-0.25, -0.2) is 4.79 Å². The molecule has 9 nitrogen and oxygen atoms in total. The number of aliphatic hydroxyl groups excluding tert-OH is 1. The van der Waals surface area contributed by atoms with Crippen LogP contribution < -0.4 is 25.3 Å². The summed E-state index contributed by atoms with van der Waals surface area (Å²) in [4.78, 5) is 15.5. The van der Waals surface area contributed by atoms with Crippen molar-refractivity contribution in [3.05, 3.63) is 100 Å². The number of nitrogens with two attached hydrogens (primary N) is 1. The molecule has 4 rings (SSSR count). The lowest BCUT2D eigenvalue weighted by Gasteiger charge is -2.37. The standard InChI is InChI=1S/C38H47Cl2N3O6/c1-38(2)30(9-6-12-33(38)27-8-5-11-32(17-27)47-15-7-13-39)25-49-36-19-35(48-24-26-16-29(37(45)46)21-42-20-26)28(18-34(36)40)22-43-31(23-44)10-3-4-14-41/h5-6,8-9,11-12,16-21,30-31,43-44H,3-4,7,10,13-15,22-25,41H2,1-2H3,(H,45,46)/t30-,31?/m1/s1. The summed E-state index contributed by atoms with van der Waals surface area (Å²) >= 11 is 12.6. The molecule has 1 heterocycles. The molecule has 5 N–H and O–H groups in total. The van der Waals surface area contributed by atoms with E-state index in [2.05, 4.69) is 54.5 Å². The molecule has 0 saturated carbocycles. The molecule has 264 valence electrons. The lowest BCUT2D eigenvalue weighted by atomic mass is 9.68. The number of ether oxygens (including phenoxy) is 3. The molecule has 0 radical (unpaired) electrons. The van der Waals surface area contributed by atoms with Crippen LogP contribution in [0.4, 0.5) is 0 Å². The van der Waals surface area contributed by atoms with Crippen molar-refractivity contribution >= 4 is 34.7 Å². The Morgan fingerprint density at radius 1 is 1.08 bits per heavy atom. The Hall–Kier alpha value is -3.60. The summed E-state index contributed by atoms with van der Waals surface area (Å²) < 4.78 is 18.5. The first-order valence-electron chi connectivity index (χ1n) is 16.6. The number of alkyl halides is 1. The largest absolute Gasteiger partial charge is 0.494 e. The fourth-order valence-corrected chi connectivity index (χ4v) is 6.05. The number of hydrogen-bond acceptors (Lipinski definition) is 8. The van der Waals surface area contributed by atoms with E-state index in [1.54, 1.807) is 12.3 Å². The minimum atomic E-state index is -1.06. The molecule has 0 fully saturated rings. The molecule has 1 aromatic heterocycles. The van der Waals surface area contributed by atoms with Gasteiger partial charge >= 0.3 is 5.97 Å². The van der Waals surface area contributed by atoms with Crippen molar-refractivity contribution in [2.45, 2.75) is 58.7 Å². The number of halogens is 2. The van der Waals surface area contributed by atoms with E-state index < -0.39 is 5.97 Å². The number of aliphatic hydroxyl groups is 1. The summed E-state index contributed by atoms with van der Waals surface area (Å²) in [7, 11) is 0. The Balaban J connectivity index is 1.52. The van der Waals surface area contributed by atoms with Crippen molar-refractivity contribution in [2.75, 3.05) is 32.2 Å². The Morgan fingerprint density at radius 3 is 2.67 bits per heavy atom. The highest BCUT2D eigenvalue weighted by Crippen LogP contribution is 2.45. The third kappa shape index (κ3) is 10.9. The number of aromatic carboxylic acids is 1. The number of carboxylic acid groups (broad SMARTS) is 1. The molecule has 0 spiro atoms. The molecule has 1 aliphatic rings. The second-order valence-corrected chi connectivity index (χ2v) is 13.4. The van der Waals surface area contributed by atoms with Crippen LogP contribution in [0.5, 0.6) is 17.2 Å². The molecule has 0 amide bonds. The van der Waals surface area contributed by atoms with Gasteiger partial charge in [-0.3, -0.25) is 4.98 Å². The quantitative estimate of drug-likeness (QED) is 0.0704. The van der Waals surface area contributed by atoms with Crippen LogP contribution in [0.1, 0.15) is 66.6 Å². The summed E-state index contributed by atoms with van der Waals surface area (Å²) in [5.41, 5.74) is 9.08. The smallest absolute Gasteiger partial charge is 0.337 e. The van der Waals surface area contributed by atoms with Gasteiger partial charge in [-0.1, -0.05) is 62.2 Å². The van der Waals surface area contributed by atoms with Crippen molar-refractivity contribution in [3.63, 3.8) is 0 Å². The van der Waals surface area contributed by atoms with Crippen LogP contribution in [-0.4, -0.2) is 59.5 Å². The van der Waals surface area contributed by atoms with Gasteiger partial charge in [0.25, 0.3) is 0 Å². The minimum Gasteiger partial charge on any atom is -0.494 e. The summed E-state index contributed by atoms with van der Waals surface area (Å²) in [6.45, 7) is 6.39. The van der Waals surface area contributed by atoms with Crippen molar-refractivity contribution in [3.8, 4) is 17.2 Å². The van der Waals surface area contributed by atoms with Gasteiger partial charge in [-0.15, -0.1) is 11.6 Å². The highest BCUT2D eigenvalue weighted by molar-refractivity contribution is 6.32. The van der Waals surface area contributed by atoms with Gasteiger partial charge < -0.3 is 35.5 Å². The fraction of sp³-hybridized carbons (Fsp3) is 0.421. The number of hydrogen-bond donors (Lipinski definition) is 4. The fourth-order valence-electron chi connectivity index (χ4n) is 5.70. The van der Waals surface area contributed by atoms with Gasteiger partial charge in [0.15, 0.2) is 0 Å². The normalized spacial score (nSPS) is 15.8. The molecule has 0 saturated heterocycles. The zero-order valence-electron chi connectivity index (χ0n) is 28.2. The average Bonchev–Trinajstić information content (AvgIpc) is 3.09. The van der Waals surface area contributed by atoms with Crippen LogP contribution in [0.25, 0.3) is 5.57 Å². The second-order valence-electron chi connectivity index (χ2n) is 12.6. The van der Waals surface area contributed by atoms with E-state index in [1.165, 1.54) is 17.8 Å². The van der Waals surface area contributed by atoms with Crippen molar-refractivity contribution in [1.29, 1.82) is 0 Å². The molecule has 1 unspecified atom stereocenters. The molecule has 11 heteroatoms. The topological polar surface area (TPSA) is 136 Å². The molecule has 49 heavy (non-hydrogen) atoms. The van der Waals surface area contributed by atoms with Crippen LogP contribution in [0, 0.1) is 11.3 Å². The third-order valence-electron chi connectivity index (χ3n) is 8.70. The number of carbonyl (C=O) groups is 1. The minimum absolute atomic E-state index is 0.0180. The number of carboxylic acids is 1. The molecular weight excluding hydrogens is 665 g/mol. The summed E-state index contributed by atoms with van der Waals surface area (Å²) in [6.07, 6.45) is 12.6. The summed E-state index contributed by atoms with van der Waals surface area (Å²) in [6, 6.07) is 13.1. The van der Waals surface area contributed by atoms with Crippen LogP contribution in [0.2, 0.25) is 5.02 Å². The lowest BCUT2D eigenvalue weighted by molar-refractivity contribution is 0.0696. The van der Waals surface area contributed by atoms with Crippen molar-refractivity contribution in [2.24, 2.45) is 17.1 Å². The lowest BCUT2D eigenvalue weighted by Crippen LogP contribution is -2.32. The molecule has 2 atom stereocenters. The van der Waals surface area contributed by atoms with E-state index in [0.717, 1.165) is 42.6 Å². The van der Waals surface area contributed by atoms with E-state index in [-0.39, 0.29) is 36.2 Å². The van der Waals surface area contributed by atoms with E-state index >= 15 is 0 Å². The number of nitrogens with zero attached hydrogens (tertiary/aromatic N) is 1. The molecule has 2 aromatic carbocycles. The predicted molar refractivity (Wildman–Crippen MR) is 195 cm³/mol. The number of nitrogens with one attached hydrogen (secondary N) is 1. The highest BCUT2D eigenvalue weighted by atomic mass is 35.5. The Morgan fingerprint density at radius 2 is 1.92 bits per heavy atom. The Bertz CT molecular complexity index is 1600. The predicted octanol–water partition coefficient (Wildman–Crippen LogP) is 7.27. The monoisotopic (exact) mass is 711 g/mol. The van der Waals surface area contributed by atoms with E-state index in [1.807, 2.05) is 18.2 Å². The van der Waals surface area contributed by atoms with Gasteiger partial charge in [0.1, 0.15) is 23.9 Å². The molecule has 0 bridgehead atoms. The average molecular weight is 713 g/mol. The zero-order valence-corrected chi connectivity index (χ0v) is 29.7. The number of unbranched alkanes of at least 4 members (excludes halogenated alkanes) is 1. The van der Waals surface area contributed by atoms with Gasteiger partial charge in [0.2, 0.25) is 0 Å². The number of aromatic nitrogens is 1. The third-order valence-corrected chi connectivity index (χ3v) is 9.26. The van der Waals surface area contributed by atoms with E-state index in [9.17, 15) is 15.0 Å².